The fraction of sp³-hybridized carbons (Fsp3) is 0.133. The predicted octanol–water partition coefficient (Wildman–Crippen LogP) is 3.24. The molecule has 1 N–H and O–H groups in total. The van der Waals surface area contributed by atoms with E-state index < -0.39 is 27.9 Å². The third kappa shape index (κ3) is 4.98. The Morgan fingerprint density at radius 3 is 2.25 bits per heavy atom. The highest BCUT2D eigenvalue weighted by Gasteiger charge is 2.30. The number of benzene rings is 2. The second-order valence-electron chi connectivity index (χ2n) is 4.83. The molecule has 0 aliphatic carbocycles. The van der Waals surface area contributed by atoms with Gasteiger partial charge in [0.05, 0.1) is 4.90 Å². The molecule has 0 bridgehead atoms. The Bertz CT molecular complexity index is 846. The lowest BCUT2D eigenvalue weighted by molar-refractivity contribution is -0.274. The number of hydrogen-bond donors (Lipinski definition) is 1. The Labute approximate surface area is 136 Å². The number of alkyl halides is 3. The van der Waals surface area contributed by atoms with Crippen LogP contribution >= 0.6 is 0 Å². The first kappa shape index (κ1) is 17.8. The number of ether oxygens (including phenoxy) is 1. The van der Waals surface area contributed by atoms with Crippen LogP contribution in [-0.2, 0) is 9.84 Å². The maximum atomic E-state index is 12.1. The van der Waals surface area contributed by atoms with E-state index in [0.717, 1.165) is 18.4 Å². The Morgan fingerprint density at radius 1 is 1.08 bits per heavy atom. The van der Waals surface area contributed by atoms with Crippen LogP contribution in [0.15, 0.2) is 53.4 Å². The van der Waals surface area contributed by atoms with Crippen molar-refractivity contribution in [1.29, 1.82) is 0 Å². The van der Waals surface area contributed by atoms with Crippen LogP contribution < -0.4 is 10.1 Å². The molecular weight excluding hydrogens is 347 g/mol. The van der Waals surface area contributed by atoms with Gasteiger partial charge in [0.1, 0.15) is 5.75 Å². The summed E-state index contributed by atoms with van der Waals surface area (Å²) in [4.78, 5) is 12.1. The van der Waals surface area contributed by atoms with Gasteiger partial charge < -0.3 is 10.1 Å². The second-order valence-corrected chi connectivity index (χ2v) is 6.84. The quantitative estimate of drug-likeness (QED) is 0.910. The Morgan fingerprint density at radius 2 is 1.71 bits per heavy atom. The first-order valence-electron chi connectivity index (χ1n) is 6.52. The van der Waals surface area contributed by atoms with Crippen molar-refractivity contribution in [2.24, 2.45) is 0 Å². The van der Waals surface area contributed by atoms with E-state index in [1.807, 2.05) is 0 Å². The van der Waals surface area contributed by atoms with Gasteiger partial charge in [0.2, 0.25) is 0 Å². The molecule has 24 heavy (non-hydrogen) atoms. The summed E-state index contributed by atoms with van der Waals surface area (Å²) in [5, 5.41) is 2.46. The van der Waals surface area contributed by atoms with Crippen LogP contribution in [0.5, 0.6) is 5.75 Å². The minimum atomic E-state index is -4.79. The maximum absolute atomic E-state index is 12.1. The molecule has 2 aromatic rings. The number of carbonyl (C=O) groups is 1. The molecule has 0 saturated heterocycles. The van der Waals surface area contributed by atoms with Crippen molar-refractivity contribution in [2.45, 2.75) is 11.3 Å². The highest BCUT2D eigenvalue weighted by molar-refractivity contribution is 7.90. The molecular formula is C15H12F3NO4S. The number of rotatable bonds is 4. The molecule has 0 aliphatic rings. The van der Waals surface area contributed by atoms with Crippen LogP contribution in [-0.4, -0.2) is 26.9 Å². The van der Waals surface area contributed by atoms with Gasteiger partial charge in [-0.2, -0.15) is 0 Å². The van der Waals surface area contributed by atoms with Gasteiger partial charge in [-0.3, -0.25) is 4.79 Å². The van der Waals surface area contributed by atoms with Crippen molar-refractivity contribution in [3.63, 3.8) is 0 Å². The van der Waals surface area contributed by atoms with E-state index in [1.165, 1.54) is 36.4 Å². The lowest BCUT2D eigenvalue weighted by atomic mass is 10.2. The Hall–Kier alpha value is -2.55. The summed E-state index contributed by atoms with van der Waals surface area (Å²) in [7, 11) is -3.46. The Balaban J connectivity index is 2.13. The second kappa shape index (κ2) is 6.52. The molecule has 128 valence electrons. The summed E-state index contributed by atoms with van der Waals surface area (Å²) >= 11 is 0. The summed E-state index contributed by atoms with van der Waals surface area (Å²) < 4.78 is 62.9. The average molecular weight is 359 g/mol. The maximum Gasteiger partial charge on any atom is 0.573 e. The van der Waals surface area contributed by atoms with Gasteiger partial charge >= 0.3 is 6.36 Å². The predicted molar refractivity (Wildman–Crippen MR) is 80.6 cm³/mol. The first-order chi connectivity index (χ1) is 11.0. The van der Waals surface area contributed by atoms with Crippen LogP contribution in [0.4, 0.5) is 18.9 Å². The molecule has 2 aromatic carbocycles. The molecule has 0 fully saturated rings. The lowest BCUT2D eigenvalue weighted by Crippen LogP contribution is -2.17. The molecule has 0 saturated carbocycles. The molecule has 0 unspecified atom stereocenters. The van der Waals surface area contributed by atoms with E-state index in [4.69, 9.17) is 0 Å². The third-order valence-electron chi connectivity index (χ3n) is 2.87. The van der Waals surface area contributed by atoms with Crippen molar-refractivity contribution in [2.75, 3.05) is 11.6 Å². The van der Waals surface area contributed by atoms with Crippen molar-refractivity contribution in [1.82, 2.24) is 0 Å². The van der Waals surface area contributed by atoms with Gasteiger partial charge in [0.15, 0.2) is 9.84 Å². The van der Waals surface area contributed by atoms with Gasteiger partial charge in [-0.05, 0) is 42.5 Å². The number of anilines is 1. The van der Waals surface area contributed by atoms with Crippen molar-refractivity contribution < 1.29 is 31.1 Å². The molecule has 0 heterocycles. The molecule has 1 amide bonds. The Kier molecular flexibility index (Phi) is 4.83. The van der Waals surface area contributed by atoms with Gasteiger partial charge in [0, 0.05) is 17.5 Å². The molecule has 0 radical (unpaired) electrons. The van der Waals surface area contributed by atoms with Gasteiger partial charge in [-0.15, -0.1) is 13.2 Å². The summed E-state index contributed by atoms with van der Waals surface area (Å²) in [5.74, 6) is -1.01. The topological polar surface area (TPSA) is 72.5 Å². The number of amides is 1. The largest absolute Gasteiger partial charge is 0.573 e. The standard InChI is InChI=1S/C15H12F3NO4S/c1-24(21,22)13-4-2-3-10(9-13)14(20)19-11-5-7-12(8-6-11)23-15(16,17)18/h2-9H,1H3,(H,19,20). The zero-order chi connectivity index (χ0) is 18.0. The number of hydrogen-bond acceptors (Lipinski definition) is 4. The summed E-state index contributed by atoms with van der Waals surface area (Å²) in [6.07, 6.45) is -3.78. The number of halogens is 3. The third-order valence-corrected chi connectivity index (χ3v) is 3.98. The van der Waals surface area contributed by atoms with E-state index in [9.17, 15) is 26.4 Å². The fourth-order valence-electron chi connectivity index (χ4n) is 1.81. The van der Waals surface area contributed by atoms with E-state index in [1.54, 1.807) is 0 Å². The van der Waals surface area contributed by atoms with E-state index in [2.05, 4.69) is 10.1 Å². The molecule has 0 aliphatic heterocycles. The number of sulfone groups is 1. The van der Waals surface area contributed by atoms with E-state index in [0.29, 0.717) is 0 Å². The highest BCUT2D eigenvalue weighted by atomic mass is 32.2. The highest BCUT2D eigenvalue weighted by Crippen LogP contribution is 2.24. The smallest absolute Gasteiger partial charge is 0.406 e. The van der Waals surface area contributed by atoms with Crippen LogP contribution in [0.25, 0.3) is 0 Å². The normalized spacial score (nSPS) is 11.8. The molecule has 0 spiro atoms. The number of carbonyl (C=O) groups excluding carboxylic acids is 1. The van der Waals surface area contributed by atoms with Crippen molar-refractivity contribution >= 4 is 21.4 Å². The first-order valence-corrected chi connectivity index (χ1v) is 8.41. The molecule has 5 nitrogen and oxygen atoms in total. The molecule has 2 rings (SSSR count). The van der Waals surface area contributed by atoms with E-state index in [-0.39, 0.29) is 16.1 Å². The summed E-state index contributed by atoms with van der Waals surface area (Å²) in [5.41, 5.74) is 0.341. The fourth-order valence-corrected chi connectivity index (χ4v) is 2.48. The van der Waals surface area contributed by atoms with Crippen LogP contribution in [0, 0.1) is 0 Å². The SMILES string of the molecule is CS(=O)(=O)c1cccc(C(=O)Nc2ccc(OC(F)(F)F)cc2)c1. The number of nitrogens with one attached hydrogen (secondary N) is 1. The van der Waals surface area contributed by atoms with Crippen LogP contribution in [0.2, 0.25) is 0 Å². The lowest BCUT2D eigenvalue weighted by Gasteiger charge is -2.10. The van der Waals surface area contributed by atoms with Crippen LogP contribution in [0.3, 0.4) is 0 Å². The monoisotopic (exact) mass is 359 g/mol. The molecule has 9 heteroatoms. The minimum absolute atomic E-state index is 0.0101. The van der Waals surface area contributed by atoms with E-state index >= 15 is 0 Å². The molecule has 0 atom stereocenters. The zero-order valence-corrected chi connectivity index (χ0v) is 13.1. The van der Waals surface area contributed by atoms with Gasteiger partial charge in [-0.25, -0.2) is 8.42 Å². The van der Waals surface area contributed by atoms with Gasteiger partial charge in [0.25, 0.3) is 5.91 Å². The van der Waals surface area contributed by atoms with Gasteiger partial charge in [-0.1, -0.05) is 6.07 Å². The van der Waals surface area contributed by atoms with Crippen molar-refractivity contribution in [3.05, 3.63) is 54.1 Å². The zero-order valence-electron chi connectivity index (χ0n) is 12.3. The van der Waals surface area contributed by atoms with Crippen LogP contribution in [0.1, 0.15) is 10.4 Å². The average Bonchev–Trinajstić information content (AvgIpc) is 2.47. The minimum Gasteiger partial charge on any atom is -0.406 e. The summed E-state index contributed by atoms with van der Waals surface area (Å²) in [6.45, 7) is 0. The summed E-state index contributed by atoms with van der Waals surface area (Å²) in [6, 6.07) is 9.99. The van der Waals surface area contributed by atoms with Crippen molar-refractivity contribution in [3.8, 4) is 5.75 Å². The molecule has 0 aromatic heterocycles.